The van der Waals surface area contributed by atoms with Gasteiger partial charge in [-0.25, -0.2) is 9.97 Å². The molecule has 1 N–H and O–H groups in total. The van der Waals surface area contributed by atoms with Crippen LogP contribution < -0.4 is 10.1 Å². The van der Waals surface area contributed by atoms with E-state index in [1.165, 1.54) is 11.1 Å². The fourth-order valence-electron chi connectivity index (χ4n) is 4.16. The molecule has 0 saturated carbocycles. The Labute approximate surface area is 190 Å². The van der Waals surface area contributed by atoms with E-state index < -0.39 is 0 Å². The van der Waals surface area contributed by atoms with Crippen molar-refractivity contribution in [3.8, 4) is 17.3 Å². The summed E-state index contributed by atoms with van der Waals surface area (Å²) in [6.45, 7) is 5.77. The van der Waals surface area contributed by atoms with E-state index in [0.717, 1.165) is 55.6 Å². The Kier molecular flexibility index (Phi) is 6.97. The third-order valence-electron chi connectivity index (χ3n) is 5.63. The molecule has 0 radical (unpaired) electrons. The SMILES string of the molecule is COc1ccc(CN2CCc3c(nc(-c4ccccn4)nc3N[C@H](C)CN(C)C)C2)cc1. The zero-order chi connectivity index (χ0) is 22.5. The molecule has 32 heavy (non-hydrogen) atoms. The molecule has 0 aliphatic carbocycles. The number of nitrogens with zero attached hydrogens (tertiary/aromatic N) is 5. The van der Waals surface area contributed by atoms with Gasteiger partial charge in [0.05, 0.1) is 12.8 Å². The standard InChI is InChI=1S/C25H32N6O/c1-18(15-30(2)3)27-24-21-12-14-31(16-19-8-10-20(32-4)11-9-19)17-23(21)28-25(29-24)22-7-5-6-13-26-22/h5-11,13,18H,12,14-17H2,1-4H3,(H,27,28,29)/t18-/m1/s1. The van der Waals surface area contributed by atoms with Gasteiger partial charge in [-0.15, -0.1) is 0 Å². The number of aromatic nitrogens is 3. The van der Waals surface area contributed by atoms with E-state index in [-0.39, 0.29) is 6.04 Å². The van der Waals surface area contributed by atoms with Crippen LogP contribution in [0.25, 0.3) is 11.5 Å². The molecule has 3 aromatic rings. The molecule has 2 aromatic heterocycles. The molecular weight excluding hydrogens is 400 g/mol. The maximum atomic E-state index is 5.28. The summed E-state index contributed by atoms with van der Waals surface area (Å²) in [5.74, 6) is 2.50. The summed E-state index contributed by atoms with van der Waals surface area (Å²) >= 11 is 0. The molecule has 7 heteroatoms. The van der Waals surface area contributed by atoms with Crippen molar-refractivity contribution < 1.29 is 4.74 Å². The Bertz CT molecular complexity index is 1020. The van der Waals surface area contributed by atoms with E-state index >= 15 is 0 Å². The molecule has 4 rings (SSSR count). The Morgan fingerprint density at radius 2 is 1.94 bits per heavy atom. The lowest BCUT2D eigenvalue weighted by molar-refractivity contribution is 0.241. The van der Waals surface area contributed by atoms with Gasteiger partial charge in [-0.1, -0.05) is 18.2 Å². The molecule has 0 amide bonds. The van der Waals surface area contributed by atoms with Gasteiger partial charge in [0.15, 0.2) is 5.82 Å². The number of ether oxygens (including phenoxy) is 1. The van der Waals surface area contributed by atoms with Crippen LogP contribution in [0, 0.1) is 0 Å². The van der Waals surface area contributed by atoms with Crippen LogP contribution in [0.3, 0.4) is 0 Å². The summed E-state index contributed by atoms with van der Waals surface area (Å²) < 4.78 is 5.28. The maximum absolute atomic E-state index is 5.28. The van der Waals surface area contributed by atoms with Gasteiger partial charge in [-0.2, -0.15) is 0 Å². The zero-order valence-corrected chi connectivity index (χ0v) is 19.4. The van der Waals surface area contributed by atoms with Crippen LogP contribution in [0.15, 0.2) is 48.7 Å². The number of pyridine rings is 1. The second-order valence-corrected chi connectivity index (χ2v) is 8.65. The summed E-state index contributed by atoms with van der Waals surface area (Å²) in [7, 11) is 5.87. The fraction of sp³-hybridized carbons (Fsp3) is 0.400. The molecule has 0 bridgehead atoms. The molecule has 0 unspecified atom stereocenters. The first-order chi connectivity index (χ1) is 15.5. The molecular formula is C25H32N6O. The third-order valence-corrected chi connectivity index (χ3v) is 5.63. The predicted octanol–water partition coefficient (Wildman–Crippen LogP) is 3.47. The molecule has 1 atom stereocenters. The van der Waals surface area contributed by atoms with Crippen LogP contribution in [0.4, 0.5) is 5.82 Å². The Hall–Kier alpha value is -3.03. The number of benzene rings is 1. The van der Waals surface area contributed by atoms with Gasteiger partial charge in [-0.3, -0.25) is 9.88 Å². The van der Waals surface area contributed by atoms with Crippen LogP contribution in [0.2, 0.25) is 0 Å². The van der Waals surface area contributed by atoms with Crippen molar-refractivity contribution in [1.29, 1.82) is 0 Å². The van der Waals surface area contributed by atoms with Crippen molar-refractivity contribution in [1.82, 2.24) is 24.8 Å². The molecule has 0 spiro atoms. The predicted molar refractivity (Wildman–Crippen MR) is 128 cm³/mol. The molecule has 7 nitrogen and oxygen atoms in total. The smallest absolute Gasteiger partial charge is 0.180 e. The highest BCUT2D eigenvalue weighted by atomic mass is 16.5. The second-order valence-electron chi connectivity index (χ2n) is 8.65. The van der Waals surface area contributed by atoms with Gasteiger partial charge in [0.1, 0.15) is 17.3 Å². The van der Waals surface area contributed by atoms with Crippen molar-refractivity contribution in [3.63, 3.8) is 0 Å². The Morgan fingerprint density at radius 3 is 2.62 bits per heavy atom. The van der Waals surface area contributed by atoms with Crippen molar-refractivity contribution in [2.45, 2.75) is 32.5 Å². The molecule has 0 fully saturated rings. The summed E-state index contributed by atoms with van der Waals surface area (Å²) in [5.41, 5.74) is 4.37. The first-order valence-corrected chi connectivity index (χ1v) is 11.1. The Balaban J connectivity index is 1.60. The van der Waals surface area contributed by atoms with Crippen LogP contribution in [-0.2, 0) is 19.5 Å². The number of rotatable bonds is 8. The minimum Gasteiger partial charge on any atom is -0.497 e. The van der Waals surface area contributed by atoms with Crippen molar-refractivity contribution in [2.75, 3.05) is 39.6 Å². The van der Waals surface area contributed by atoms with Crippen molar-refractivity contribution in [2.24, 2.45) is 0 Å². The van der Waals surface area contributed by atoms with Gasteiger partial charge in [0, 0.05) is 44.0 Å². The molecule has 0 saturated heterocycles. The number of likely N-dealkylation sites (N-methyl/N-ethyl adjacent to an activating group) is 1. The number of nitrogens with one attached hydrogen (secondary N) is 1. The van der Waals surface area contributed by atoms with E-state index in [0.29, 0.717) is 5.82 Å². The molecule has 3 heterocycles. The van der Waals surface area contributed by atoms with Gasteiger partial charge in [-0.05, 0) is 57.3 Å². The monoisotopic (exact) mass is 432 g/mol. The van der Waals surface area contributed by atoms with Gasteiger partial charge >= 0.3 is 0 Å². The second kappa shape index (κ2) is 10.1. The molecule has 168 valence electrons. The maximum Gasteiger partial charge on any atom is 0.180 e. The molecule has 1 aromatic carbocycles. The first-order valence-electron chi connectivity index (χ1n) is 11.1. The zero-order valence-electron chi connectivity index (χ0n) is 19.4. The number of hydrogen-bond donors (Lipinski definition) is 1. The lowest BCUT2D eigenvalue weighted by Crippen LogP contribution is -2.34. The average molecular weight is 433 g/mol. The van der Waals surface area contributed by atoms with Gasteiger partial charge < -0.3 is 15.0 Å². The van der Waals surface area contributed by atoms with Crippen LogP contribution in [-0.4, -0.2) is 65.1 Å². The normalized spacial score (nSPS) is 14.8. The highest BCUT2D eigenvalue weighted by molar-refractivity contribution is 5.57. The van der Waals surface area contributed by atoms with Crippen LogP contribution >= 0.6 is 0 Å². The number of hydrogen-bond acceptors (Lipinski definition) is 7. The topological polar surface area (TPSA) is 66.4 Å². The number of methoxy groups -OCH3 is 1. The highest BCUT2D eigenvalue weighted by Gasteiger charge is 2.24. The number of anilines is 1. The summed E-state index contributed by atoms with van der Waals surface area (Å²) in [6, 6.07) is 14.4. The minimum atomic E-state index is 0.276. The van der Waals surface area contributed by atoms with Gasteiger partial charge in [0.2, 0.25) is 0 Å². The highest BCUT2D eigenvalue weighted by Crippen LogP contribution is 2.28. The lowest BCUT2D eigenvalue weighted by Gasteiger charge is -2.30. The van der Waals surface area contributed by atoms with E-state index in [9.17, 15) is 0 Å². The summed E-state index contributed by atoms with van der Waals surface area (Å²) in [6.07, 6.45) is 2.71. The quantitative estimate of drug-likeness (QED) is 0.585. The van der Waals surface area contributed by atoms with E-state index in [4.69, 9.17) is 14.7 Å². The number of fused-ring (bicyclic) bond motifs is 1. The lowest BCUT2D eigenvalue weighted by atomic mass is 10.0. The van der Waals surface area contributed by atoms with Crippen molar-refractivity contribution >= 4 is 5.82 Å². The van der Waals surface area contributed by atoms with E-state index in [1.807, 2.05) is 30.3 Å². The minimum absolute atomic E-state index is 0.276. The van der Waals surface area contributed by atoms with Crippen LogP contribution in [0.5, 0.6) is 5.75 Å². The van der Waals surface area contributed by atoms with Crippen LogP contribution in [0.1, 0.15) is 23.7 Å². The third kappa shape index (κ3) is 5.41. The van der Waals surface area contributed by atoms with Gasteiger partial charge in [0.25, 0.3) is 0 Å². The van der Waals surface area contributed by atoms with Crippen molar-refractivity contribution in [3.05, 3.63) is 65.5 Å². The summed E-state index contributed by atoms with van der Waals surface area (Å²) in [5, 5.41) is 3.64. The van der Waals surface area contributed by atoms with E-state index in [1.54, 1.807) is 13.3 Å². The molecule has 1 aliphatic rings. The first kappa shape index (κ1) is 22.2. The Morgan fingerprint density at radius 1 is 1.12 bits per heavy atom. The van der Waals surface area contributed by atoms with E-state index in [2.05, 4.69) is 53.3 Å². The average Bonchev–Trinajstić information content (AvgIpc) is 2.79. The summed E-state index contributed by atoms with van der Waals surface area (Å²) in [4.78, 5) is 18.9. The fourth-order valence-corrected chi connectivity index (χ4v) is 4.16. The molecule has 1 aliphatic heterocycles. The largest absolute Gasteiger partial charge is 0.497 e.